The fourth-order valence-electron chi connectivity index (χ4n) is 1.46. The maximum Gasteiger partial charge on any atom is 0.182 e. The topological polar surface area (TPSA) is 54.5 Å². The van der Waals surface area contributed by atoms with Crippen LogP contribution in [0.1, 0.15) is 16.8 Å². The summed E-state index contributed by atoms with van der Waals surface area (Å²) in [6, 6.07) is 7.98. The van der Waals surface area contributed by atoms with E-state index in [0.717, 1.165) is 10.0 Å². The van der Waals surface area contributed by atoms with Crippen LogP contribution in [-0.4, -0.2) is 15.0 Å². The minimum Gasteiger partial charge on any atom is -0.247 e. The summed E-state index contributed by atoms with van der Waals surface area (Å²) in [6.45, 7) is 2.66. The minimum absolute atomic E-state index is 0.338. The molecule has 0 saturated heterocycles. The number of nitrogens with zero attached hydrogens (tertiary/aromatic N) is 4. The maximum absolute atomic E-state index is 8.65. The van der Waals surface area contributed by atoms with Gasteiger partial charge in [-0.15, -0.1) is 5.10 Å². The molecule has 1 heterocycles. The number of rotatable bonds is 2. The molecule has 0 N–H and O–H groups in total. The van der Waals surface area contributed by atoms with Crippen LogP contribution in [0.15, 0.2) is 28.9 Å². The SMILES string of the molecule is Cc1cccc(Br)c1Cn1cc(C#N)nn1. The highest BCUT2D eigenvalue weighted by Crippen LogP contribution is 2.20. The Morgan fingerprint density at radius 3 is 2.94 bits per heavy atom. The summed E-state index contributed by atoms with van der Waals surface area (Å²) in [5, 5.41) is 16.3. The average Bonchev–Trinajstić information content (AvgIpc) is 2.71. The summed E-state index contributed by atoms with van der Waals surface area (Å²) in [6.07, 6.45) is 1.64. The number of halogens is 1. The molecule has 2 rings (SSSR count). The first-order valence-electron chi connectivity index (χ1n) is 4.75. The quantitative estimate of drug-likeness (QED) is 0.846. The number of hydrogen-bond acceptors (Lipinski definition) is 3. The van der Waals surface area contributed by atoms with E-state index in [1.54, 1.807) is 10.9 Å². The van der Waals surface area contributed by atoms with Crippen LogP contribution in [0.3, 0.4) is 0 Å². The van der Waals surface area contributed by atoms with Crippen molar-refractivity contribution in [2.24, 2.45) is 0 Å². The molecule has 80 valence electrons. The van der Waals surface area contributed by atoms with Gasteiger partial charge in [-0.1, -0.05) is 33.3 Å². The van der Waals surface area contributed by atoms with Crippen molar-refractivity contribution < 1.29 is 0 Å². The molecule has 5 heteroatoms. The molecule has 0 spiro atoms. The first kappa shape index (κ1) is 10.8. The van der Waals surface area contributed by atoms with Crippen molar-refractivity contribution in [1.29, 1.82) is 5.26 Å². The lowest BCUT2D eigenvalue weighted by molar-refractivity contribution is 0.646. The lowest BCUT2D eigenvalue weighted by atomic mass is 10.1. The standard InChI is InChI=1S/C11H9BrN4/c1-8-3-2-4-11(12)10(8)7-16-6-9(5-13)14-15-16/h2-4,6H,7H2,1H3. The van der Waals surface area contributed by atoms with Crippen molar-refractivity contribution in [3.63, 3.8) is 0 Å². The molecular weight excluding hydrogens is 268 g/mol. The van der Waals surface area contributed by atoms with Crippen molar-refractivity contribution in [1.82, 2.24) is 15.0 Å². The molecule has 1 aromatic carbocycles. The maximum atomic E-state index is 8.65. The Hall–Kier alpha value is -1.67. The summed E-state index contributed by atoms with van der Waals surface area (Å²) < 4.78 is 2.70. The fraction of sp³-hybridized carbons (Fsp3) is 0.182. The van der Waals surface area contributed by atoms with Crippen LogP contribution in [0, 0.1) is 18.3 Å². The predicted molar refractivity (Wildman–Crippen MR) is 62.7 cm³/mol. The summed E-state index contributed by atoms with van der Waals surface area (Å²) in [5.74, 6) is 0. The van der Waals surface area contributed by atoms with E-state index >= 15 is 0 Å². The zero-order valence-corrected chi connectivity index (χ0v) is 10.3. The van der Waals surface area contributed by atoms with E-state index in [0.29, 0.717) is 12.2 Å². The van der Waals surface area contributed by atoms with Crippen LogP contribution in [-0.2, 0) is 6.54 Å². The lowest BCUT2D eigenvalue weighted by Crippen LogP contribution is -2.03. The molecule has 0 aliphatic carbocycles. The highest BCUT2D eigenvalue weighted by Gasteiger charge is 2.06. The molecule has 0 aliphatic rings. The second-order valence-corrected chi connectivity index (χ2v) is 4.30. The van der Waals surface area contributed by atoms with Gasteiger partial charge >= 0.3 is 0 Å². The Kier molecular flexibility index (Phi) is 3.02. The van der Waals surface area contributed by atoms with Crippen molar-refractivity contribution in [2.75, 3.05) is 0 Å². The van der Waals surface area contributed by atoms with Crippen LogP contribution in [0.2, 0.25) is 0 Å². The predicted octanol–water partition coefficient (Wildman–Crippen LogP) is 2.27. The minimum atomic E-state index is 0.338. The van der Waals surface area contributed by atoms with E-state index in [1.165, 1.54) is 5.56 Å². The van der Waals surface area contributed by atoms with E-state index in [1.807, 2.05) is 31.2 Å². The highest BCUT2D eigenvalue weighted by molar-refractivity contribution is 9.10. The molecule has 1 aromatic heterocycles. The summed E-state index contributed by atoms with van der Waals surface area (Å²) in [4.78, 5) is 0. The molecule has 4 nitrogen and oxygen atoms in total. The van der Waals surface area contributed by atoms with Gasteiger partial charge in [0.25, 0.3) is 0 Å². The largest absolute Gasteiger partial charge is 0.247 e. The second-order valence-electron chi connectivity index (χ2n) is 3.45. The van der Waals surface area contributed by atoms with E-state index in [9.17, 15) is 0 Å². The van der Waals surface area contributed by atoms with Crippen molar-refractivity contribution in [3.05, 3.63) is 45.7 Å². The highest BCUT2D eigenvalue weighted by atomic mass is 79.9. The van der Waals surface area contributed by atoms with Gasteiger partial charge in [0.05, 0.1) is 12.7 Å². The van der Waals surface area contributed by atoms with Crippen molar-refractivity contribution >= 4 is 15.9 Å². The number of hydrogen-bond donors (Lipinski definition) is 0. The summed E-state index contributed by atoms with van der Waals surface area (Å²) in [5.41, 5.74) is 2.67. The monoisotopic (exact) mass is 276 g/mol. The molecule has 0 fully saturated rings. The molecule has 0 aliphatic heterocycles. The Morgan fingerprint density at radius 1 is 1.50 bits per heavy atom. The average molecular weight is 277 g/mol. The van der Waals surface area contributed by atoms with Gasteiger partial charge in [0, 0.05) is 4.47 Å². The Balaban J connectivity index is 2.31. The molecule has 0 atom stereocenters. The van der Waals surface area contributed by atoms with Crippen molar-refractivity contribution in [2.45, 2.75) is 13.5 Å². The molecular formula is C11H9BrN4. The first-order valence-corrected chi connectivity index (χ1v) is 5.54. The van der Waals surface area contributed by atoms with Crippen LogP contribution >= 0.6 is 15.9 Å². The van der Waals surface area contributed by atoms with Crippen LogP contribution < -0.4 is 0 Å². The van der Waals surface area contributed by atoms with Gasteiger partial charge < -0.3 is 0 Å². The molecule has 0 radical (unpaired) electrons. The second kappa shape index (κ2) is 4.45. The Morgan fingerprint density at radius 2 is 2.31 bits per heavy atom. The normalized spacial score (nSPS) is 10.1. The number of aryl methyl sites for hydroxylation is 1. The zero-order valence-electron chi connectivity index (χ0n) is 8.68. The number of aromatic nitrogens is 3. The van der Waals surface area contributed by atoms with Gasteiger partial charge in [0.2, 0.25) is 0 Å². The first-order chi connectivity index (χ1) is 7.70. The van der Waals surface area contributed by atoms with E-state index in [2.05, 4.69) is 26.2 Å². The van der Waals surface area contributed by atoms with Gasteiger partial charge in [-0.05, 0) is 24.1 Å². The molecule has 0 bridgehead atoms. The van der Waals surface area contributed by atoms with Crippen LogP contribution in [0.25, 0.3) is 0 Å². The van der Waals surface area contributed by atoms with Gasteiger partial charge in [-0.2, -0.15) is 5.26 Å². The van der Waals surface area contributed by atoms with E-state index < -0.39 is 0 Å². The van der Waals surface area contributed by atoms with Crippen molar-refractivity contribution in [3.8, 4) is 6.07 Å². The molecule has 0 amide bonds. The smallest absolute Gasteiger partial charge is 0.182 e. The van der Waals surface area contributed by atoms with Gasteiger partial charge in [0.1, 0.15) is 6.07 Å². The van der Waals surface area contributed by atoms with E-state index in [-0.39, 0.29) is 0 Å². The molecule has 16 heavy (non-hydrogen) atoms. The van der Waals surface area contributed by atoms with Crippen LogP contribution in [0.4, 0.5) is 0 Å². The van der Waals surface area contributed by atoms with E-state index in [4.69, 9.17) is 5.26 Å². The van der Waals surface area contributed by atoms with Crippen LogP contribution in [0.5, 0.6) is 0 Å². The number of benzene rings is 1. The third kappa shape index (κ3) is 2.12. The zero-order chi connectivity index (χ0) is 11.5. The van der Waals surface area contributed by atoms with Gasteiger partial charge in [-0.25, -0.2) is 4.68 Å². The third-order valence-electron chi connectivity index (χ3n) is 2.33. The summed E-state index contributed by atoms with van der Waals surface area (Å²) in [7, 11) is 0. The fourth-order valence-corrected chi connectivity index (χ4v) is 2.05. The molecule has 0 saturated carbocycles. The summed E-state index contributed by atoms with van der Waals surface area (Å²) >= 11 is 3.50. The third-order valence-corrected chi connectivity index (χ3v) is 3.07. The van der Waals surface area contributed by atoms with Gasteiger partial charge in [-0.3, -0.25) is 0 Å². The molecule has 0 unspecified atom stereocenters. The molecule has 2 aromatic rings. The lowest BCUT2D eigenvalue weighted by Gasteiger charge is -2.07. The Bertz CT molecular complexity index is 533. The van der Waals surface area contributed by atoms with Gasteiger partial charge in [0.15, 0.2) is 5.69 Å². The number of nitriles is 1. The Labute approximate surface area is 102 Å².